The molecule has 4 rings (SSSR count). The highest BCUT2D eigenvalue weighted by Crippen LogP contribution is 2.64. The van der Waals surface area contributed by atoms with Gasteiger partial charge in [0.15, 0.2) is 5.65 Å². The molecule has 1 saturated carbocycles. The van der Waals surface area contributed by atoms with Crippen molar-refractivity contribution >= 4 is 17.5 Å². The third-order valence-electron chi connectivity index (χ3n) is 4.60. The fourth-order valence-corrected chi connectivity index (χ4v) is 3.25. The van der Waals surface area contributed by atoms with Gasteiger partial charge >= 0.3 is 6.03 Å². The summed E-state index contributed by atoms with van der Waals surface area (Å²) < 4.78 is 28.5. The molecule has 3 heterocycles. The quantitative estimate of drug-likeness (QED) is 0.880. The molecule has 2 amide bonds. The maximum absolute atomic E-state index is 13.5. The molecule has 1 atom stereocenters. The van der Waals surface area contributed by atoms with Gasteiger partial charge in [-0.25, -0.2) is 18.6 Å². The molecule has 0 bridgehead atoms. The van der Waals surface area contributed by atoms with Crippen LogP contribution in [0.2, 0.25) is 0 Å². The zero-order valence-corrected chi connectivity index (χ0v) is 11.8. The first-order chi connectivity index (χ1) is 10.5. The Kier molecular flexibility index (Phi) is 2.67. The van der Waals surface area contributed by atoms with Crippen LogP contribution in [0.25, 0.3) is 5.65 Å². The van der Waals surface area contributed by atoms with Crippen LogP contribution in [0, 0.1) is 5.41 Å². The van der Waals surface area contributed by atoms with Gasteiger partial charge in [0, 0.05) is 31.8 Å². The summed E-state index contributed by atoms with van der Waals surface area (Å²) in [7, 11) is 0. The summed E-state index contributed by atoms with van der Waals surface area (Å²) in [4.78, 5) is 18.0. The molecule has 6 nitrogen and oxygen atoms in total. The van der Waals surface area contributed by atoms with E-state index in [9.17, 15) is 13.6 Å². The number of halogens is 2. The summed E-state index contributed by atoms with van der Waals surface area (Å²) in [5.74, 6) is -2.15. The molecule has 1 saturated heterocycles. The highest BCUT2D eigenvalue weighted by molar-refractivity contribution is 5.88. The minimum atomic E-state index is -2.63. The van der Waals surface area contributed by atoms with Crippen molar-refractivity contribution in [1.82, 2.24) is 19.5 Å². The fourth-order valence-electron chi connectivity index (χ4n) is 3.25. The van der Waals surface area contributed by atoms with Gasteiger partial charge in [-0.1, -0.05) is 0 Å². The van der Waals surface area contributed by atoms with Crippen molar-refractivity contribution in [2.24, 2.45) is 5.41 Å². The van der Waals surface area contributed by atoms with Gasteiger partial charge in [0.05, 0.1) is 11.6 Å². The molecule has 2 aromatic rings. The van der Waals surface area contributed by atoms with Crippen LogP contribution in [0.5, 0.6) is 0 Å². The Morgan fingerprint density at radius 2 is 2.14 bits per heavy atom. The van der Waals surface area contributed by atoms with Crippen LogP contribution in [0.1, 0.15) is 19.3 Å². The first-order valence-corrected chi connectivity index (χ1v) is 7.23. The minimum absolute atomic E-state index is 0.109. The number of carbonyl (C=O) groups is 1. The number of piperidine rings is 1. The molecule has 2 fully saturated rings. The van der Waals surface area contributed by atoms with Crippen molar-refractivity contribution in [2.45, 2.75) is 25.2 Å². The normalized spacial score (nSPS) is 26.4. The highest BCUT2D eigenvalue weighted by Gasteiger charge is 2.71. The molecule has 1 N–H and O–H groups in total. The molecule has 2 aromatic heterocycles. The van der Waals surface area contributed by atoms with Crippen molar-refractivity contribution in [3.63, 3.8) is 0 Å². The number of nitrogens with zero attached hydrogens (tertiary/aromatic N) is 4. The number of hydrogen-bond acceptors (Lipinski definition) is 3. The zero-order chi connectivity index (χ0) is 15.4. The first kappa shape index (κ1) is 13.4. The lowest BCUT2D eigenvalue weighted by molar-refractivity contribution is 0.0347. The second-order valence-corrected chi connectivity index (χ2v) is 6.05. The molecule has 0 aromatic carbocycles. The van der Waals surface area contributed by atoms with Crippen LogP contribution >= 0.6 is 0 Å². The molecule has 0 radical (unpaired) electrons. The molecule has 2 aliphatic rings. The maximum Gasteiger partial charge on any atom is 0.323 e. The van der Waals surface area contributed by atoms with E-state index in [0.717, 1.165) is 0 Å². The number of nitrogens with one attached hydrogen (secondary N) is 1. The first-order valence-electron chi connectivity index (χ1n) is 7.23. The summed E-state index contributed by atoms with van der Waals surface area (Å²) in [5, 5.41) is 6.82. The highest BCUT2D eigenvalue weighted by atomic mass is 19.3. The fraction of sp³-hybridized carbons (Fsp3) is 0.500. The Labute approximate surface area is 125 Å². The van der Waals surface area contributed by atoms with Gasteiger partial charge in [0.2, 0.25) is 0 Å². The number of likely N-dealkylation sites (tertiary alicyclic amines) is 1. The van der Waals surface area contributed by atoms with Gasteiger partial charge < -0.3 is 4.90 Å². The van der Waals surface area contributed by atoms with E-state index in [1.807, 2.05) is 0 Å². The maximum atomic E-state index is 13.5. The zero-order valence-electron chi connectivity index (χ0n) is 11.8. The van der Waals surface area contributed by atoms with Gasteiger partial charge in [-0.05, 0) is 18.9 Å². The number of aromatic nitrogens is 3. The van der Waals surface area contributed by atoms with Crippen LogP contribution in [0.15, 0.2) is 24.5 Å². The molecule has 1 aliphatic heterocycles. The van der Waals surface area contributed by atoms with Crippen molar-refractivity contribution in [3.8, 4) is 0 Å². The standard InChI is InChI=1S/C14H15F2N5O/c15-14(16)8-13(14)4-1-7-20(9-13)12(22)19-11-2-5-17-10-3-6-18-21(10)11/h2-3,5-6H,1,4,7-9H2,(H,19,22). The molecule has 22 heavy (non-hydrogen) atoms. The Morgan fingerprint density at radius 1 is 1.32 bits per heavy atom. The number of rotatable bonds is 1. The number of amides is 2. The van der Waals surface area contributed by atoms with Crippen LogP contribution in [-0.2, 0) is 0 Å². The number of fused-ring (bicyclic) bond motifs is 1. The predicted molar refractivity (Wildman–Crippen MR) is 74.8 cm³/mol. The van der Waals surface area contributed by atoms with E-state index in [-0.39, 0.29) is 19.0 Å². The smallest absolute Gasteiger partial charge is 0.323 e. The van der Waals surface area contributed by atoms with Crippen LogP contribution in [0.3, 0.4) is 0 Å². The SMILES string of the molecule is O=C(Nc1ccnc2ccnn12)N1CCCC2(C1)CC2(F)F. The molecular weight excluding hydrogens is 292 g/mol. The topological polar surface area (TPSA) is 62.5 Å². The third-order valence-corrected chi connectivity index (χ3v) is 4.60. The Hall–Kier alpha value is -2.25. The lowest BCUT2D eigenvalue weighted by Gasteiger charge is -2.33. The van der Waals surface area contributed by atoms with E-state index in [4.69, 9.17) is 0 Å². The van der Waals surface area contributed by atoms with Crippen LogP contribution in [0.4, 0.5) is 19.4 Å². The van der Waals surface area contributed by atoms with Crippen molar-refractivity contribution < 1.29 is 13.6 Å². The molecule has 116 valence electrons. The summed E-state index contributed by atoms with van der Waals surface area (Å²) in [5.41, 5.74) is -0.386. The number of anilines is 1. The predicted octanol–water partition coefficient (Wildman–Crippen LogP) is 2.38. The van der Waals surface area contributed by atoms with Gasteiger partial charge in [0.25, 0.3) is 5.92 Å². The summed E-state index contributed by atoms with van der Waals surface area (Å²) in [6, 6.07) is 2.98. The van der Waals surface area contributed by atoms with E-state index >= 15 is 0 Å². The van der Waals surface area contributed by atoms with E-state index in [1.54, 1.807) is 24.5 Å². The second-order valence-electron chi connectivity index (χ2n) is 6.05. The van der Waals surface area contributed by atoms with Crippen LogP contribution in [-0.4, -0.2) is 44.5 Å². The third kappa shape index (κ3) is 1.93. The van der Waals surface area contributed by atoms with E-state index in [1.165, 1.54) is 9.42 Å². The average Bonchev–Trinajstić information content (AvgIpc) is 2.87. The number of urea groups is 1. The largest absolute Gasteiger partial charge is 0.324 e. The monoisotopic (exact) mass is 307 g/mol. The van der Waals surface area contributed by atoms with E-state index in [2.05, 4.69) is 15.4 Å². The lowest BCUT2D eigenvalue weighted by atomic mass is 9.94. The molecule has 8 heteroatoms. The van der Waals surface area contributed by atoms with Crippen LogP contribution < -0.4 is 5.32 Å². The van der Waals surface area contributed by atoms with Gasteiger partial charge in [0.1, 0.15) is 5.82 Å². The van der Waals surface area contributed by atoms with Gasteiger partial charge in [-0.2, -0.15) is 9.61 Å². The summed E-state index contributed by atoms with van der Waals surface area (Å²) in [6.07, 6.45) is 4.14. The van der Waals surface area contributed by atoms with E-state index in [0.29, 0.717) is 30.9 Å². The number of carbonyl (C=O) groups excluding carboxylic acids is 1. The van der Waals surface area contributed by atoms with Crippen molar-refractivity contribution in [1.29, 1.82) is 0 Å². The number of alkyl halides is 2. The second kappa shape index (κ2) is 4.37. The lowest BCUT2D eigenvalue weighted by Crippen LogP contribution is -2.45. The van der Waals surface area contributed by atoms with Crippen molar-refractivity contribution in [2.75, 3.05) is 18.4 Å². The summed E-state index contributed by atoms with van der Waals surface area (Å²) >= 11 is 0. The molecule has 1 aliphatic carbocycles. The average molecular weight is 307 g/mol. The van der Waals surface area contributed by atoms with Gasteiger partial charge in [-0.3, -0.25) is 5.32 Å². The Morgan fingerprint density at radius 3 is 2.91 bits per heavy atom. The minimum Gasteiger partial charge on any atom is -0.324 e. The van der Waals surface area contributed by atoms with Gasteiger partial charge in [-0.15, -0.1) is 0 Å². The molecule has 1 spiro atoms. The van der Waals surface area contributed by atoms with Crippen molar-refractivity contribution in [3.05, 3.63) is 24.5 Å². The Bertz CT molecular complexity index is 746. The Balaban J connectivity index is 1.52. The number of hydrogen-bond donors (Lipinski definition) is 1. The van der Waals surface area contributed by atoms with E-state index < -0.39 is 11.3 Å². The molecular formula is C14H15F2N5O. The summed E-state index contributed by atoms with van der Waals surface area (Å²) in [6.45, 7) is 0.607. The molecule has 1 unspecified atom stereocenters.